The number of halogens is 3. The zero-order valence-corrected chi connectivity index (χ0v) is 9.87. The number of rotatable bonds is 1. The Bertz CT molecular complexity index is 313. The number of carbonyl (C=O) groups excluding carboxylic acids is 1. The minimum absolute atomic E-state index is 0.393. The summed E-state index contributed by atoms with van der Waals surface area (Å²) in [4.78, 5) is 10.9. The van der Waals surface area contributed by atoms with E-state index in [1.165, 1.54) is 0 Å². The molecule has 64 valence electrons. The minimum atomic E-state index is -0.510. The van der Waals surface area contributed by atoms with Gasteiger partial charge in [-0.15, -0.1) is 0 Å². The predicted molar refractivity (Wildman–Crippen MR) is 59.1 cm³/mol. The fraction of sp³-hybridized carbons (Fsp3) is 0.125. The first-order valence-corrected chi connectivity index (χ1v) is 5.01. The smallest absolute Gasteiger partial charge is 0.254 e. The van der Waals surface area contributed by atoms with E-state index in [-0.39, 0.29) is 0 Å². The normalized spacial score (nSPS) is 10.0. The van der Waals surface area contributed by atoms with Gasteiger partial charge in [0.15, 0.2) is 0 Å². The van der Waals surface area contributed by atoms with Gasteiger partial charge in [0.05, 0.1) is 10.6 Å². The molecule has 0 spiro atoms. The SMILES string of the molecule is Cc1cc(Cl)c(C(=O)Cl)c(I)c1. The molecule has 1 rings (SSSR count). The second-order valence-electron chi connectivity index (χ2n) is 2.38. The van der Waals surface area contributed by atoms with Gasteiger partial charge in [-0.05, 0) is 58.8 Å². The molecule has 0 unspecified atom stereocenters. The van der Waals surface area contributed by atoms with Crippen LogP contribution in [0.25, 0.3) is 0 Å². The van der Waals surface area contributed by atoms with Crippen LogP contribution in [-0.2, 0) is 0 Å². The Labute approximate surface area is 94.2 Å². The Morgan fingerprint density at radius 1 is 1.50 bits per heavy atom. The lowest BCUT2D eigenvalue weighted by atomic mass is 10.2. The van der Waals surface area contributed by atoms with Gasteiger partial charge in [-0.3, -0.25) is 4.79 Å². The first-order valence-electron chi connectivity index (χ1n) is 3.18. The van der Waals surface area contributed by atoms with Gasteiger partial charge in [0.1, 0.15) is 0 Å². The highest BCUT2D eigenvalue weighted by Gasteiger charge is 2.11. The summed E-state index contributed by atoms with van der Waals surface area (Å²) < 4.78 is 0.789. The van der Waals surface area contributed by atoms with Crippen molar-refractivity contribution in [2.75, 3.05) is 0 Å². The van der Waals surface area contributed by atoms with Gasteiger partial charge in [0.2, 0.25) is 0 Å². The van der Waals surface area contributed by atoms with E-state index in [1.807, 2.05) is 35.6 Å². The molecule has 0 atom stereocenters. The second kappa shape index (κ2) is 3.94. The van der Waals surface area contributed by atoms with Crippen molar-refractivity contribution in [3.05, 3.63) is 31.9 Å². The second-order valence-corrected chi connectivity index (χ2v) is 4.29. The van der Waals surface area contributed by atoms with Crippen LogP contribution in [0.3, 0.4) is 0 Å². The monoisotopic (exact) mass is 314 g/mol. The molecule has 1 nitrogen and oxygen atoms in total. The molecule has 0 saturated heterocycles. The van der Waals surface area contributed by atoms with Gasteiger partial charge in [-0.2, -0.15) is 0 Å². The Hall–Kier alpha value is 0.200. The third-order valence-electron chi connectivity index (χ3n) is 1.38. The molecule has 1 aromatic rings. The molecule has 4 heteroatoms. The van der Waals surface area contributed by atoms with Gasteiger partial charge in [0.25, 0.3) is 5.24 Å². The minimum Gasteiger partial charge on any atom is -0.276 e. The standard InChI is InChI=1S/C8H5Cl2IO/c1-4-2-5(9)7(8(10)12)6(11)3-4/h2-3H,1H3. The molecule has 0 heterocycles. The van der Waals surface area contributed by atoms with Crippen molar-refractivity contribution in [2.24, 2.45) is 0 Å². The average molecular weight is 315 g/mol. The molecule has 12 heavy (non-hydrogen) atoms. The van der Waals surface area contributed by atoms with E-state index < -0.39 is 5.24 Å². The molecule has 0 aliphatic heterocycles. The summed E-state index contributed by atoms with van der Waals surface area (Å²) in [6, 6.07) is 3.58. The van der Waals surface area contributed by atoms with E-state index in [1.54, 1.807) is 6.07 Å². The molecule has 0 amide bonds. The molecule has 0 saturated carbocycles. The lowest BCUT2D eigenvalue weighted by Gasteiger charge is -2.02. The summed E-state index contributed by atoms with van der Waals surface area (Å²) in [5.74, 6) is 0. The topological polar surface area (TPSA) is 17.1 Å². The van der Waals surface area contributed by atoms with Gasteiger partial charge in [-0.25, -0.2) is 0 Å². The lowest BCUT2D eigenvalue weighted by molar-refractivity contribution is 0.108. The Kier molecular flexibility index (Phi) is 3.37. The molecule has 0 aliphatic carbocycles. The number of hydrogen-bond donors (Lipinski definition) is 0. The van der Waals surface area contributed by atoms with E-state index >= 15 is 0 Å². The van der Waals surface area contributed by atoms with Crippen molar-refractivity contribution in [1.82, 2.24) is 0 Å². The van der Waals surface area contributed by atoms with Crippen molar-refractivity contribution in [3.8, 4) is 0 Å². The summed E-state index contributed by atoms with van der Waals surface area (Å²) in [6.45, 7) is 1.91. The first-order chi connectivity index (χ1) is 5.52. The number of hydrogen-bond acceptors (Lipinski definition) is 1. The zero-order valence-electron chi connectivity index (χ0n) is 6.20. The van der Waals surface area contributed by atoms with Crippen LogP contribution in [0.1, 0.15) is 15.9 Å². The van der Waals surface area contributed by atoms with Gasteiger partial charge in [-0.1, -0.05) is 11.6 Å². The highest BCUT2D eigenvalue weighted by atomic mass is 127. The van der Waals surface area contributed by atoms with Crippen LogP contribution in [0.5, 0.6) is 0 Å². The maximum atomic E-state index is 10.9. The molecular formula is C8H5Cl2IO. The molecule has 1 aromatic carbocycles. The fourth-order valence-corrected chi connectivity index (χ4v) is 2.84. The Morgan fingerprint density at radius 2 is 2.08 bits per heavy atom. The predicted octanol–water partition coefficient (Wildman–Crippen LogP) is 3.63. The maximum Gasteiger partial charge on any atom is 0.254 e. The third kappa shape index (κ3) is 2.12. The van der Waals surface area contributed by atoms with Crippen LogP contribution in [0.15, 0.2) is 12.1 Å². The van der Waals surface area contributed by atoms with E-state index in [2.05, 4.69) is 0 Å². The summed E-state index contributed by atoms with van der Waals surface area (Å²) in [5, 5.41) is -0.0937. The largest absolute Gasteiger partial charge is 0.276 e. The van der Waals surface area contributed by atoms with Crippen LogP contribution in [0.2, 0.25) is 5.02 Å². The highest BCUT2D eigenvalue weighted by molar-refractivity contribution is 14.1. The van der Waals surface area contributed by atoms with Crippen LogP contribution in [0.4, 0.5) is 0 Å². The summed E-state index contributed by atoms with van der Waals surface area (Å²) in [6.07, 6.45) is 0. The molecule has 0 radical (unpaired) electrons. The van der Waals surface area contributed by atoms with Crippen LogP contribution in [0, 0.1) is 10.5 Å². The lowest BCUT2D eigenvalue weighted by Crippen LogP contribution is -1.95. The third-order valence-corrected chi connectivity index (χ3v) is 2.72. The molecule has 0 bridgehead atoms. The molecule has 0 aliphatic rings. The van der Waals surface area contributed by atoms with Crippen molar-refractivity contribution in [3.63, 3.8) is 0 Å². The summed E-state index contributed by atoms with van der Waals surface area (Å²) in [7, 11) is 0. The zero-order chi connectivity index (χ0) is 9.30. The summed E-state index contributed by atoms with van der Waals surface area (Å²) in [5.41, 5.74) is 1.41. The van der Waals surface area contributed by atoms with Crippen molar-refractivity contribution in [1.29, 1.82) is 0 Å². The van der Waals surface area contributed by atoms with Gasteiger partial charge in [0, 0.05) is 3.57 Å². The fourth-order valence-electron chi connectivity index (χ4n) is 0.888. The molecule has 0 fully saturated rings. The van der Waals surface area contributed by atoms with E-state index in [0.29, 0.717) is 10.6 Å². The van der Waals surface area contributed by atoms with Crippen LogP contribution >= 0.6 is 45.8 Å². The van der Waals surface area contributed by atoms with E-state index in [9.17, 15) is 4.79 Å². The number of aryl methyl sites for hydroxylation is 1. The van der Waals surface area contributed by atoms with Crippen LogP contribution < -0.4 is 0 Å². The molecule has 0 N–H and O–H groups in total. The maximum absolute atomic E-state index is 10.9. The molecule has 0 aromatic heterocycles. The van der Waals surface area contributed by atoms with Crippen LogP contribution in [-0.4, -0.2) is 5.24 Å². The average Bonchev–Trinajstić information content (AvgIpc) is 1.82. The quantitative estimate of drug-likeness (QED) is 0.571. The first kappa shape index (κ1) is 10.3. The van der Waals surface area contributed by atoms with Crippen molar-refractivity contribution in [2.45, 2.75) is 6.92 Å². The highest BCUT2D eigenvalue weighted by Crippen LogP contribution is 2.25. The van der Waals surface area contributed by atoms with E-state index in [4.69, 9.17) is 23.2 Å². The summed E-state index contributed by atoms with van der Waals surface area (Å²) >= 11 is 13.2. The van der Waals surface area contributed by atoms with E-state index in [0.717, 1.165) is 9.13 Å². The van der Waals surface area contributed by atoms with Gasteiger partial charge >= 0.3 is 0 Å². The number of benzene rings is 1. The number of carbonyl (C=O) groups is 1. The Morgan fingerprint density at radius 3 is 2.50 bits per heavy atom. The van der Waals surface area contributed by atoms with Gasteiger partial charge < -0.3 is 0 Å². The van der Waals surface area contributed by atoms with Crippen molar-refractivity contribution < 1.29 is 4.79 Å². The van der Waals surface area contributed by atoms with Crippen molar-refractivity contribution >= 4 is 51.0 Å². The Balaban J connectivity index is 3.38. The molecular weight excluding hydrogens is 310 g/mol.